The second-order valence-electron chi connectivity index (χ2n) is 6.01. The highest BCUT2D eigenvalue weighted by atomic mass is 16.6. The first-order chi connectivity index (χ1) is 10.3. The lowest BCUT2D eigenvalue weighted by atomic mass is 9.84. The number of nitrogens with zero attached hydrogens (tertiary/aromatic N) is 1. The van der Waals surface area contributed by atoms with Crippen LogP contribution < -0.4 is 0 Å². The smallest absolute Gasteiger partial charge is 0.410 e. The van der Waals surface area contributed by atoms with Crippen LogP contribution >= 0.6 is 0 Å². The lowest BCUT2D eigenvalue weighted by Crippen LogP contribution is -2.41. The van der Waals surface area contributed by atoms with Crippen molar-refractivity contribution in [1.82, 2.24) is 4.90 Å². The van der Waals surface area contributed by atoms with Crippen molar-refractivity contribution in [3.05, 3.63) is 48.0 Å². The Hall–Kier alpha value is -1.77. The molecular formula is C18H23NO2. The van der Waals surface area contributed by atoms with Crippen LogP contribution in [0.1, 0.15) is 37.7 Å². The number of ether oxygens (including phenoxy) is 1. The molecule has 1 aromatic rings. The summed E-state index contributed by atoms with van der Waals surface area (Å²) in [5, 5.41) is 0. The van der Waals surface area contributed by atoms with Crippen LogP contribution in [0.5, 0.6) is 0 Å². The SMILES string of the molecule is O=C(OCc1ccccc1)N1CC=CC1C1CCCCC1. The number of hydrogen-bond acceptors (Lipinski definition) is 2. The second kappa shape index (κ2) is 6.79. The van der Waals surface area contributed by atoms with E-state index in [4.69, 9.17) is 4.74 Å². The molecule has 112 valence electrons. The van der Waals surface area contributed by atoms with Gasteiger partial charge in [-0.05, 0) is 24.3 Å². The first kappa shape index (κ1) is 14.2. The Morgan fingerprint density at radius 2 is 1.90 bits per heavy atom. The molecule has 0 radical (unpaired) electrons. The van der Waals surface area contributed by atoms with Gasteiger partial charge < -0.3 is 4.74 Å². The van der Waals surface area contributed by atoms with Gasteiger partial charge in [0.15, 0.2) is 0 Å². The number of hydrogen-bond donors (Lipinski definition) is 0. The van der Waals surface area contributed by atoms with Gasteiger partial charge in [0.1, 0.15) is 6.61 Å². The normalized spacial score (nSPS) is 22.5. The fraction of sp³-hybridized carbons (Fsp3) is 0.500. The van der Waals surface area contributed by atoms with Gasteiger partial charge in [-0.1, -0.05) is 61.7 Å². The summed E-state index contributed by atoms with van der Waals surface area (Å²) in [6, 6.07) is 10.1. The van der Waals surface area contributed by atoms with Crippen molar-refractivity contribution >= 4 is 6.09 Å². The van der Waals surface area contributed by atoms with Crippen molar-refractivity contribution in [1.29, 1.82) is 0 Å². The summed E-state index contributed by atoms with van der Waals surface area (Å²) in [7, 11) is 0. The quantitative estimate of drug-likeness (QED) is 0.781. The summed E-state index contributed by atoms with van der Waals surface area (Å²) < 4.78 is 5.48. The molecule has 1 fully saturated rings. The van der Waals surface area contributed by atoms with Crippen molar-refractivity contribution in [2.75, 3.05) is 6.54 Å². The van der Waals surface area contributed by atoms with Crippen LogP contribution in [-0.2, 0) is 11.3 Å². The predicted octanol–water partition coefficient (Wildman–Crippen LogP) is 4.14. The van der Waals surface area contributed by atoms with Gasteiger partial charge in [0.2, 0.25) is 0 Å². The van der Waals surface area contributed by atoms with Gasteiger partial charge in [0, 0.05) is 6.54 Å². The summed E-state index contributed by atoms with van der Waals surface area (Å²) in [5.41, 5.74) is 1.03. The zero-order chi connectivity index (χ0) is 14.5. The largest absolute Gasteiger partial charge is 0.445 e. The minimum absolute atomic E-state index is 0.181. The fourth-order valence-corrected chi connectivity index (χ4v) is 3.43. The van der Waals surface area contributed by atoms with Gasteiger partial charge in [-0.2, -0.15) is 0 Å². The molecule has 3 nitrogen and oxygen atoms in total. The minimum atomic E-state index is -0.181. The third-order valence-corrected chi connectivity index (χ3v) is 4.57. The molecule has 1 aromatic carbocycles. The van der Waals surface area contributed by atoms with E-state index in [9.17, 15) is 4.79 Å². The molecule has 2 aliphatic rings. The van der Waals surface area contributed by atoms with E-state index in [0.29, 0.717) is 19.1 Å². The summed E-state index contributed by atoms with van der Waals surface area (Å²) in [6.07, 6.45) is 10.5. The molecule has 0 N–H and O–H groups in total. The molecule has 0 spiro atoms. The molecule has 0 aromatic heterocycles. The van der Waals surface area contributed by atoms with E-state index < -0.39 is 0 Å². The molecule has 0 saturated heterocycles. The zero-order valence-corrected chi connectivity index (χ0v) is 12.4. The fourth-order valence-electron chi connectivity index (χ4n) is 3.43. The number of carbonyl (C=O) groups excluding carboxylic acids is 1. The highest BCUT2D eigenvalue weighted by Gasteiger charge is 2.32. The highest BCUT2D eigenvalue weighted by molar-refractivity contribution is 5.69. The summed E-state index contributed by atoms with van der Waals surface area (Å²) in [6.45, 7) is 1.04. The van der Waals surface area contributed by atoms with Crippen molar-refractivity contribution in [2.45, 2.75) is 44.8 Å². The Labute approximate surface area is 126 Å². The van der Waals surface area contributed by atoms with Crippen LogP contribution in [0.2, 0.25) is 0 Å². The zero-order valence-electron chi connectivity index (χ0n) is 12.4. The average molecular weight is 285 g/mol. The van der Waals surface area contributed by atoms with Crippen molar-refractivity contribution in [2.24, 2.45) is 5.92 Å². The molecule has 3 rings (SSSR count). The number of benzene rings is 1. The second-order valence-corrected chi connectivity index (χ2v) is 6.01. The molecule has 1 aliphatic heterocycles. The number of carbonyl (C=O) groups is 1. The van der Waals surface area contributed by atoms with Crippen molar-refractivity contribution in [3.63, 3.8) is 0 Å². The maximum absolute atomic E-state index is 12.3. The Morgan fingerprint density at radius 3 is 2.67 bits per heavy atom. The van der Waals surface area contributed by atoms with Crippen LogP contribution in [0.3, 0.4) is 0 Å². The lowest BCUT2D eigenvalue weighted by Gasteiger charge is -2.33. The van der Waals surface area contributed by atoms with E-state index in [-0.39, 0.29) is 12.1 Å². The Balaban J connectivity index is 1.56. The van der Waals surface area contributed by atoms with Crippen LogP contribution in [0.15, 0.2) is 42.5 Å². The van der Waals surface area contributed by atoms with Gasteiger partial charge >= 0.3 is 6.09 Å². The Kier molecular flexibility index (Phi) is 4.59. The van der Waals surface area contributed by atoms with Gasteiger partial charge in [0.25, 0.3) is 0 Å². The van der Waals surface area contributed by atoms with Crippen molar-refractivity contribution in [3.8, 4) is 0 Å². The Bertz CT molecular complexity index is 491. The first-order valence-corrected chi connectivity index (χ1v) is 7.98. The van der Waals surface area contributed by atoms with Crippen LogP contribution in [0.4, 0.5) is 4.79 Å². The maximum Gasteiger partial charge on any atom is 0.410 e. The van der Waals surface area contributed by atoms with E-state index in [0.717, 1.165) is 5.56 Å². The third-order valence-electron chi connectivity index (χ3n) is 4.57. The Morgan fingerprint density at radius 1 is 1.14 bits per heavy atom. The third kappa shape index (κ3) is 3.46. The van der Waals surface area contributed by atoms with Gasteiger partial charge in [-0.3, -0.25) is 4.90 Å². The van der Waals surface area contributed by atoms with E-state index in [2.05, 4.69) is 12.2 Å². The van der Waals surface area contributed by atoms with Crippen LogP contribution in [0, 0.1) is 5.92 Å². The van der Waals surface area contributed by atoms with Gasteiger partial charge in [-0.15, -0.1) is 0 Å². The molecule has 1 atom stereocenters. The first-order valence-electron chi connectivity index (χ1n) is 7.98. The molecule has 21 heavy (non-hydrogen) atoms. The van der Waals surface area contributed by atoms with Crippen LogP contribution in [-0.4, -0.2) is 23.6 Å². The average Bonchev–Trinajstić information content (AvgIpc) is 3.04. The van der Waals surface area contributed by atoms with Crippen molar-refractivity contribution < 1.29 is 9.53 Å². The predicted molar refractivity (Wildman–Crippen MR) is 82.8 cm³/mol. The summed E-state index contributed by atoms with van der Waals surface area (Å²) >= 11 is 0. The molecule has 1 saturated carbocycles. The molecular weight excluding hydrogens is 262 g/mol. The standard InChI is InChI=1S/C18H23NO2/c20-18(21-14-15-8-3-1-4-9-15)19-13-7-12-17(19)16-10-5-2-6-11-16/h1,3-4,7-9,12,16-17H,2,5-6,10-11,13-14H2. The van der Waals surface area contributed by atoms with Gasteiger partial charge in [-0.25, -0.2) is 4.79 Å². The highest BCUT2D eigenvalue weighted by Crippen LogP contribution is 2.31. The molecule has 1 heterocycles. The van der Waals surface area contributed by atoms with Gasteiger partial charge in [0.05, 0.1) is 6.04 Å². The number of rotatable bonds is 3. The monoisotopic (exact) mass is 285 g/mol. The minimum Gasteiger partial charge on any atom is -0.445 e. The molecule has 1 amide bonds. The van der Waals surface area contributed by atoms with E-state index in [1.165, 1.54) is 32.1 Å². The number of amides is 1. The molecule has 1 unspecified atom stereocenters. The van der Waals surface area contributed by atoms with E-state index in [1.54, 1.807) is 0 Å². The topological polar surface area (TPSA) is 29.5 Å². The van der Waals surface area contributed by atoms with E-state index in [1.807, 2.05) is 35.2 Å². The van der Waals surface area contributed by atoms with E-state index >= 15 is 0 Å². The molecule has 1 aliphatic carbocycles. The summed E-state index contributed by atoms with van der Waals surface area (Å²) in [4.78, 5) is 14.2. The molecule has 0 bridgehead atoms. The van der Waals surface area contributed by atoms with Crippen LogP contribution in [0.25, 0.3) is 0 Å². The summed E-state index contributed by atoms with van der Waals surface area (Å²) in [5.74, 6) is 0.613. The lowest BCUT2D eigenvalue weighted by molar-refractivity contribution is 0.0817. The molecule has 3 heteroatoms. The maximum atomic E-state index is 12.3.